The summed E-state index contributed by atoms with van der Waals surface area (Å²) in [6.07, 6.45) is 15.9. The van der Waals surface area contributed by atoms with Gasteiger partial charge in [0.1, 0.15) is 0 Å². The van der Waals surface area contributed by atoms with Crippen LogP contribution in [0, 0.1) is 0 Å². The van der Waals surface area contributed by atoms with Crippen LogP contribution in [0.3, 0.4) is 0 Å². The largest absolute Gasteiger partial charge is 0.354 e. The fourth-order valence-corrected chi connectivity index (χ4v) is 11.2. The zero-order valence-electron chi connectivity index (χ0n) is 51.0. The van der Waals surface area contributed by atoms with E-state index >= 15 is 0 Å². The molecule has 3 aromatic carbocycles. The van der Waals surface area contributed by atoms with E-state index in [1.165, 1.54) is 38.9 Å². The molecule has 0 saturated carbocycles. The average Bonchev–Trinajstić information content (AvgIpc) is 4.35. The topological polar surface area (TPSA) is 86.0 Å². The van der Waals surface area contributed by atoms with Crippen molar-refractivity contribution in [1.29, 1.82) is 0 Å². The number of H-pyrrole nitrogens is 3. The lowest BCUT2D eigenvalue weighted by atomic mass is 9.78. The lowest BCUT2D eigenvalue weighted by Gasteiger charge is -2.26. The van der Waals surface area contributed by atoms with E-state index in [1.54, 1.807) is 0 Å². The quantitative estimate of drug-likeness (QED) is 0.149. The van der Waals surface area contributed by atoms with Crippen LogP contribution in [0.4, 0.5) is 0 Å². The number of hydrogen-bond acceptors (Lipinski definition) is 3. The molecule has 0 unspecified atom stereocenters. The SMILES string of the molecule is CCCCc1c(-c2c3nc(c(-c4cc(C(C)(C)C)cc(C(C)(C)C)c4)c4ccc([nH]4)c(-c4cc(C(C)(C)C)cc(C(C)(C)C)c4)c4nc(c(-c5cc(C(C)(C)C)cc(C(C)(C)C)c5)c5ccc2[nH]5)C=C4)C=C3)[nH]c2ccncc12. The second kappa shape index (κ2) is 19.6. The van der Waals surface area contributed by atoms with Crippen LogP contribution in [-0.2, 0) is 38.9 Å². The van der Waals surface area contributed by atoms with Crippen LogP contribution in [0.5, 0.6) is 0 Å². The number of pyridine rings is 1. The predicted molar refractivity (Wildman–Crippen MR) is 341 cm³/mol. The Bertz CT molecular complexity index is 3760. The Kier molecular flexibility index (Phi) is 13.7. The molecule has 0 fully saturated rings. The van der Waals surface area contributed by atoms with Crippen LogP contribution >= 0.6 is 0 Å². The molecule has 0 radical (unpaired) electrons. The van der Waals surface area contributed by atoms with Gasteiger partial charge in [-0.25, -0.2) is 9.97 Å². The average molecular weight is 1050 g/mol. The van der Waals surface area contributed by atoms with Crippen molar-refractivity contribution < 1.29 is 0 Å². The van der Waals surface area contributed by atoms with E-state index < -0.39 is 0 Å². The second-order valence-corrected chi connectivity index (χ2v) is 28.9. The number of aromatic nitrogens is 6. The van der Waals surface area contributed by atoms with Gasteiger partial charge in [-0.05, 0) is 156 Å². The summed E-state index contributed by atoms with van der Waals surface area (Å²) in [5.41, 5.74) is 25.7. The normalized spacial score (nSPS) is 13.6. The van der Waals surface area contributed by atoms with Gasteiger partial charge in [-0.3, -0.25) is 4.98 Å². The van der Waals surface area contributed by atoms with Crippen LogP contribution in [0.2, 0.25) is 0 Å². The Balaban J connectivity index is 1.45. The number of hydrogen-bond donors (Lipinski definition) is 3. The minimum Gasteiger partial charge on any atom is -0.354 e. The first-order chi connectivity index (χ1) is 36.9. The van der Waals surface area contributed by atoms with Gasteiger partial charge in [-0.15, -0.1) is 0 Å². The Hall–Kier alpha value is -7.05. The Morgan fingerprint density at radius 1 is 0.367 bits per heavy atom. The number of aromatic amines is 3. The molecule has 5 aromatic heterocycles. The fourth-order valence-electron chi connectivity index (χ4n) is 11.2. The summed E-state index contributed by atoms with van der Waals surface area (Å²) in [6.45, 7) is 44.0. The zero-order valence-corrected chi connectivity index (χ0v) is 51.0. The summed E-state index contributed by atoms with van der Waals surface area (Å²) in [5.74, 6) is 0. The van der Waals surface area contributed by atoms with Crippen LogP contribution in [-0.4, -0.2) is 29.9 Å². The number of nitrogens with zero attached hydrogens (tertiary/aromatic N) is 3. The van der Waals surface area contributed by atoms with E-state index in [4.69, 9.17) is 9.97 Å². The van der Waals surface area contributed by atoms with Crippen molar-refractivity contribution in [3.8, 4) is 44.6 Å². The molecule has 2 aliphatic rings. The Morgan fingerprint density at radius 2 is 0.684 bits per heavy atom. The summed E-state index contributed by atoms with van der Waals surface area (Å²) in [5, 5.41) is 1.15. The van der Waals surface area contributed by atoms with E-state index in [2.05, 4.69) is 261 Å². The standard InChI is InChI=1S/C73H86N6/c1-20-21-22-52-53-42-74-32-31-54(53)79-67(52)66-61-29-27-59(77-61)64(44-35-48(70(8,9)10)40-49(36-44)71(11,12)13)57-25-23-55(75-57)63(43-33-46(68(2,3)4)39-47(34-43)69(5,6)7)56-24-26-58(76-56)65(60-28-30-62(66)78-60)45-37-50(72(14,15)16)41-51(38-45)73(17,18)19/h23-42,75,78-79H,20-22H2,1-19H3. The Morgan fingerprint density at radius 3 is 1.00 bits per heavy atom. The molecule has 2 aliphatic heterocycles. The second-order valence-electron chi connectivity index (χ2n) is 28.9. The van der Waals surface area contributed by atoms with Crippen molar-refractivity contribution >= 4 is 57.3 Å². The van der Waals surface area contributed by atoms with Gasteiger partial charge < -0.3 is 15.0 Å². The molecule has 408 valence electrons. The predicted octanol–water partition coefficient (Wildman–Crippen LogP) is 20.3. The van der Waals surface area contributed by atoms with E-state index in [0.29, 0.717) is 0 Å². The summed E-state index contributed by atoms with van der Waals surface area (Å²) < 4.78 is 0. The van der Waals surface area contributed by atoms with Crippen LogP contribution < -0.4 is 0 Å². The molecule has 3 N–H and O–H groups in total. The van der Waals surface area contributed by atoms with Crippen molar-refractivity contribution in [2.75, 3.05) is 0 Å². The molecule has 0 saturated heterocycles. The highest BCUT2D eigenvalue weighted by Crippen LogP contribution is 2.45. The van der Waals surface area contributed by atoms with Crippen LogP contribution in [0.25, 0.3) is 102 Å². The number of benzene rings is 3. The first-order valence-corrected chi connectivity index (χ1v) is 29.0. The molecule has 79 heavy (non-hydrogen) atoms. The fraction of sp³-hybridized carbons (Fsp3) is 0.384. The van der Waals surface area contributed by atoms with Gasteiger partial charge in [0.05, 0.1) is 34.0 Å². The molecule has 10 rings (SSSR count). The molecular weight excluding hydrogens is 961 g/mol. The van der Waals surface area contributed by atoms with E-state index in [1.807, 2.05) is 12.4 Å². The molecule has 0 atom stereocenters. The highest BCUT2D eigenvalue weighted by atomic mass is 14.8. The number of rotatable bonds is 7. The number of fused-ring (bicyclic) bond motifs is 9. The smallest absolute Gasteiger partial charge is 0.0752 e. The third kappa shape index (κ3) is 10.9. The van der Waals surface area contributed by atoms with Gasteiger partial charge in [-0.2, -0.15) is 0 Å². The zero-order chi connectivity index (χ0) is 56.9. The van der Waals surface area contributed by atoms with Gasteiger partial charge in [0, 0.05) is 62.1 Å². The maximum atomic E-state index is 5.86. The highest BCUT2D eigenvalue weighted by Gasteiger charge is 2.28. The maximum absolute atomic E-state index is 5.86. The van der Waals surface area contributed by atoms with Crippen molar-refractivity contribution in [3.63, 3.8) is 0 Å². The summed E-state index contributed by atoms with van der Waals surface area (Å²) in [7, 11) is 0. The molecular formula is C73H86N6. The summed E-state index contributed by atoms with van der Waals surface area (Å²) in [6, 6.07) is 32.9. The van der Waals surface area contributed by atoms with Crippen LogP contribution in [0.1, 0.15) is 206 Å². The van der Waals surface area contributed by atoms with Gasteiger partial charge in [0.25, 0.3) is 0 Å². The first kappa shape index (κ1) is 55.3. The number of nitrogens with one attached hydrogen (secondary N) is 3. The lowest BCUT2D eigenvalue weighted by molar-refractivity contribution is 0.568. The third-order valence-electron chi connectivity index (χ3n) is 16.4. The minimum absolute atomic E-state index is 0.100. The molecule has 0 spiro atoms. The molecule has 7 heterocycles. The van der Waals surface area contributed by atoms with Gasteiger partial charge in [-0.1, -0.05) is 193 Å². The highest BCUT2D eigenvalue weighted by molar-refractivity contribution is 6.02. The molecule has 8 bridgehead atoms. The van der Waals surface area contributed by atoms with Gasteiger partial charge in [0.15, 0.2) is 0 Å². The van der Waals surface area contributed by atoms with E-state index in [-0.39, 0.29) is 32.5 Å². The number of aryl methyl sites for hydroxylation is 1. The minimum atomic E-state index is -0.102. The van der Waals surface area contributed by atoms with Gasteiger partial charge >= 0.3 is 0 Å². The van der Waals surface area contributed by atoms with Gasteiger partial charge in [0.2, 0.25) is 0 Å². The molecule has 6 nitrogen and oxygen atoms in total. The molecule has 0 aliphatic carbocycles. The van der Waals surface area contributed by atoms with Crippen molar-refractivity contribution in [3.05, 3.63) is 159 Å². The first-order valence-electron chi connectivity index (χ1n) is 29.0. The van der Waals surface area contributed by atoms with E-state index in [0.717, 1.165) is 120 Å². The molecule has 0 amide bonds. The van der Waals surface area contributed by atoms with E-state index in [9.17, 15) is 0 Å². The van der Waals surface area contributed by atoms with Crippen LogP contribution in [0.15, 0.2) is 97.3 Å². The van der Waals surface area contributed by atoms with Crippen molar-refractivity contribution in [2.24, 2.45) is 0 Å². The lowest BCUT2D eigenvalue weighted by Crippen LogP contribution is -2.16. The summed E-state index contributed by atoms with van der Waals surface area (Å²) >= 11 is 0. The maximum Gasteiger partial charge on any atom is 0.0752 e. The summed E-state index contributed by atoms with van der Waals surface area (Å²) in [4.78, 5) is 28.5. The monoisotopic (exact) mass is 1050 g/mol. The third-order valence-corrected chi connectivity index (χ3v) is 16.4. The molecule has 6 heteroatoms. The Labute approximate surface area is 471 Å². The molecule has 8 aromatic rings. The van der Waals surface area contributed by atoms with Crippen molar-refractivity contribution in [2.45, 2.75) is 183 Å². The van der Waals surface area contributed by atoms with Crippen molar-refractivity contribution in [1.82, 2.24) is 29.9 Å². The number of unbranched alkanes of at least 4 members (excludes halogenated alkanes) is 1.